The number of hydrogen-bond donors (Lipinski definition) is 1. The monoisotopic (exact) mass is 366 g/mol. The Morgan fingerprint density at radius 1 is 0.926 bits per heavy atom. The lowest BCUT2D eigenvalue weighted by atomic mass is 9.56. The second kappa shape index (κ2) is 6.87. The van der Waals surface area contributed by atoms with E-state index in [1.807, 2.05) is 18.2 Å². The van der Waals surface area contributed by atoms with Crippen LogP contribution in [0.3, 0.4) is 0 Å². The Hall–Kier alpha value is -2.00. The van der Waals surface area contributed by atoms with Gasteiger partial charge in [-0.1, -0.05) is 32.0 Å². The van der Waals surface area contributed by atoms with Crippen LogP contribution in [0, 0.1) is 11.3 Å². The lowest BCUT2D eigenvalue weighted by Gasteiger charge is -2.50. The highest BCUT2D eigenvalue weighted by Crippen LogP contribution is 2.59. The Labute approximate surface area is 162 Å². The molecule has 0 spiro atoms. The summed E-state index contributed by atoms with van der Waals surface area (Å²) in [7, 11) is 3.40. The molecule has 1 fully saturated rings. The van der Waals surface area contributed by atoms with Gasteiger partial charge >= 0.3 is 0 Å². The molecule has 4 rings (SSSR count). The molecule has 1 saturated carbocycles. The molecule has 2 aliphatic rings. The normalized spacial score (nSPS) is 28.8. The maximum atomic E-state index is 11.4. The number of aliphatic hydroxyl groups is 1. The van der Waals surface area contributed by atoms with E-state index in [2.05, 4.69) is 38.1 Å². The molecule has 0 aromatic heterocycles. The number of methoxy groups -OCH3 is 2. The Morgan fingerprint density at radius 2 is 1.59 bits per heavy atom. The molecule has 1 N–H and O–H groups in total. The molecule has 4 atom stereocenters. The molecule has 0 heterocycles. The molecule has 144 valence electrons. The first-order valence-electron chi connectivity index (χ1n) is 9.93. The molecule has 0 radical (unpaired) electrons. The highest BCUT2D eigenvalue weighted by atomic mass is 16.5. The fourth-order valence-electron chi connectivity index (χ4n) is 5.36. The minimum Gasteiger partial charge on any atom is -0.497 e. The van der Waals surface area contributed by atoms with Gasteiger partial charge in [-0.05, 0) is 77.5 Å². The lowest BCUT2D eigenvalue weighted by molar-refractivity contribution is 0.0434. The van der Waals surface area contributed by atoms with E-state index in [1.54, 1.807) is 14.2 Å². The molecule has 3 heteroatoms. The van der Waals surface area contributed by atoms with Crippen LogP contribution in [0.2, 0.25) is 0 Å². The van der Waals surface area contributed by atoms with Crippen LogP contribution in [0.5, 0.6) is 11.5 Å². The first kappa shape index (κ1) is 18.4. The summed E-state index contributed by atoms with van der Waals surface area (Å²) >= 11 is 0. The van der Waals surface area contributed by atoms with Gasteiger partial charge in [0.1, 0.15) is 11.5 Å². The van der Waals surface area contributed by atoms with Gasteiger partial charge in [0.15, 0.2) is 0 Å². The third kappa shape index (κ3) is 3.23. The van der Waals surface area contributed by atoms with Crippen LogP contribution in [-0.4, -0.2) is 19.3 Å². The first-order valence-corrected chi connectivity index (χ1v) is 9.93. The molecule has 2 aromatic rings. The Kier molecular flexibility index (Phi) is 4.67. The summed E-state index contributed by atoms with van der Waals surface area (Å²) in [6.45, 7) is 4.73. The zero-order chi connectivity index (χ0) is 19.2. The van der Waals surface area contributed by atoms with E-state index in [1.165, 1.54) is 17.5 Å². The van der Waals surface area contributed by atoms with Gasteiger partial charge in [-0.3, -0.25) is 0 Å². The zero-order valence-corrected chi connectivity index (χ0v) is 16.7. The summed E-state index contributed by atoms with van der Waals surface area (Å²) < 4.78 is 10.8. The molecule has 0 amide bonds. The van der Waals surface area contributed by atoms with Crippen LogP contribution in [0.1, 0.15) is 67.7 Å². The Morgan fingerprint density at radius 3 is 2.26 bits per heavy atom. The second-order valence-corrected chi connectivity index (χ2v) is 8.92. The highest BCUT2D eigenvalue weighted by Gasteiger charge is 2.47. The third-order valence-electron chi connectivity index (χ3n) is 6.75. The number of ether oxygens (including phenoxy) is 2. The van der Waals surface area contributed by atoms with Crippen molar-refractivity contribution in [2.24, 2.45) is 11.3 Å². The topological polar surface area (TPSA) is 38.7 Å². The van der Waals surface area contributed by atoms with Crippen molar-refractivity contribution in [1.29, 1.82) is 0 Å². The largest absolute Gasteiger partial charge is 0.497 e. The predicted molar refractivity (Wildman–Crippen MR) is 108 cm³/mol. The molecule has 0 bridgehead atoms. The fourth-order valence-corrected chi connectivity index (χ4v) is 5.36. The highest BCUT2D eigenvalue weighted by molar-refractivity contribution is 5.45. The molecule has 0 saturated heterocycles. The molecule has 0 aliphatic heterocycles. The van der Waals surface area contributed by atoms with Gasteiger partial charge in [-0.15, -0.1) is 0 Å². The second-order valence-electron chi connectivity index (χ2n) is 8.92. The standard InChI is InChI=1S/C24H30O3/c1-24(2)12-11-18-20-13-17(27-4)9-10-19(20)23(25)22(21(18)14-24)15-5-7-16(26-3)8-6-15/h5-10,13,18,21-23,25H,11-12,14H2,1-4H3. The van der Waals surface area contributed by atoms with Crippen LogP contribution >= 0.6 is 0 Å². The first-order chi connectivity index (χ1) is 12.9. The molecular formula is C24H30O3. The fraction of sp³-hybridized carbons (Fsp3) is 0.500. The molecular weight excluding hydrogens is 336 g/mol. The van der Waals surface area contributed by atoms with E-state index in [0.29, 0.717) is 17.3 Å². The number of benzene rings is 2. The molecule has 2 aliphatic carbocycles. The van der Waals surface area contributed by atoms with E-state index < -0.39 is 6.10 Å². The van der Waals surface area contributed by atoms with E-state index in [-0.39, 0.29) is 5.92 Å². The van der Waals surface area contributed by atoms with Crippen molar-refractivity contribution in [3.8, 4) is 11.5 Å². The van der Waals surface area contributed by atoms with Gasteiger partial charge in [-0.2, -0.15) is 0 Å². The van der Waals surface area contributed by atoms with E-state index in [4.69, 9.17) is 9.47 Å². The van der Waals surface area contributed by atoms with E-state index in [9.17, 15) is 5.11 Å². The van der Waals surface area contributed by atoms with Crippen molar-refractivity contribution in [3.05, 3.63) is 59.2 Å². The maximum Gasteiger partial charge on any atom is 0.119 e. The zero-order valence-electron chi connectivity index (χ0n) is 16.7. The van der Waals surface area contributed by atoms with Gasteiger partial charge in [0.25, 0.3) is 0 Å². The third-order valence-corrected chi connectivity index (χ3v) is 6.75. The summed E-state index contributed by atoms with van der Waals surface area (Å²) in [5.74, 6) is 2.75. The molecule has 3 nitrogen and oxygen atoms in total. The van der Waals surface area contributed by atoms with Gasteiger partial charge < -0.3 is 14.6 Å². The van der Waals surface area contributed by atoms with Gasteiger partial charge in [0.05, 0.1) is 20.3 Å². The molecule has 4 unspecified atom stereocenters. The quantitative estimate of drug-likeness (QED) is 0.785. The lowest BCUT2D eigenvalue weighted by Crippen LogP contribution is -2.38. The van der Waals surface area contributed by atoms with Crippen LogP contribution in [0.15, 0.2) is 42.5 Å². The van der Waals surface area contributed by atoms with Crippen molar-refractivity contribution < 1.29 is 14.6 Å². The summed E-state index contributed by atoms with van der Waals surface area (Å²) in [5.41, 5.74) is 3.87. The minimum atomic E-state index is -0.491. The van der Waals surface area contributed by atoms with E-state index in [0.717, 1.165) is 29.9 Å². The molecule has 2 aromatic carbocycles. The average molecular weight is 367 g/mol. The smallest absolute Gasteiger partial charge is 0.119 e. The van der Waals surface area contributed by atoms with Crippen LogP contribution in [0.4, 0.5) is 0 Å². The van der Waals surface area contributed by atoms with Gasteiger partial charge in [0.2, 0.25) is 0 Å². The van der Waals surface area contributed by atoms with Crippen molar-refractivity contribution in [2.45, 2.75) is 51.0 Å². The average Bonchev–Trinajstić information content (AvgIpc) is 2.67. The van der Waals surface area contributed by atoms with Gasteiger partial charge in [-0.25, -0.2) is 0 Å². The van der Waals surface area contributed by atoms with Crippen molar-refractivity contribution in [1.82, 2.24) is 0 Å². The van der Waals surface area contributed by atoms with Crippen LogP contribution < -0.4 is 9.47 Å². The Balaban J connectivity index is 1.81. The van der Waals surface area contributed by atoms with Crippen molar-refractivity contribution >= 4 is 0 Å². The van der Waals surface area contributed by atoms with Crippen LogP contribution in [-0.2, 0) is 0 Å². The predicted octanol–water partition coefficient (Wildman–Crippen LogP) is 5.44. The van der Waals surface area contributed by atoms with Crippen molar-refractivity contribution in [2.75, 3.05) is 14.2 Å². The van der Waals surface area contributed by atoms with Crippen LogP contribution in [0.25, 0.3) is 0 Å². The maximum absolute atomic E-state index is 11.4. The minimum absolute atomic E-state index is 0.112. The number of rotatable bonds is 3. The van der Waals surface area contributed by atoms with Gasteiger partial charge in [0, 0.05) is 5.92 Å². The summed E-state index contributed by atoms with van der Waals surface area (Å²) in [6, 6.07) is 14.5. The Bertz CT molecular complexity index is 809. The van der Waals surface area contributed by atoms with Crippen molar-refractivity contribution in [3.63, 3.8) is 0 Å². The summed E-state index contributed by atoms with van der Waals surface area (Å²) in [6.07, 6.45) is 3.02. The number of aliphatic hydroxyl groups excluding tert-OH is 1. The number of hydrogen-bond acceptors (Lipinski definition) is 3. The number of fused-ring (bicyclic) bond motifs is 3. The van der Waals surface area contributed by atoms with E-state index >= 15 is 0 Å². The summed E-state index contributed by atoms with van der Waals surface area (Å²) in [5, 5.41) is 11.4. The SMILES string of the molecule is COc1ccc(C2C(O)c3ccc(OC)cc3C3CCC(C)(C)CC32)cc1. The summed E-state index contributed by atoms with van der Waals surface area (Å²) in [4.78, 5) is 0. The molecule has 27 heavy (non-hydrogen) atoms.